The standard InChI is InChI=1S/C12H21N5O2/c1-8-11(13)15-9(2)16-12(8)17(3)7-10(18)14-5-6-19-4/h5-7H2,1-4H3,(H,14,18)(H2,13,15,16). The predicted octanol–water partition coefficient (Wildman–Crippen LogP) is -0.126. The number of hydrogen-bond donors (Lipinski definition) is 2. The van der Waals surface area contributed by atoms with Crippen LogP contribution in [0.5, 0.6) is 0 Å². The quantitative estimate of drug-likeness (QED) is 0.698. The van der Waals surface area contributed by atoms with E-state index in [2.05, 4.69) is 15.3 Å². The molecule has 0 saturated heterocycles. The van der Waals surface area contributed by atoms with Crippen LogP contribution in [-0.4, -0.2) is 49.7 Å². The monoisotopic (exact) mass is 267 g/mol. The molecule has 0 bridgehead atoms. The van der Waals surface area contributed by atoms with Crippen molar-refractivity contribution in [1.29, 1.82) is 0 Å². The first-order chi connectivity index (χ1) is 8.95. The van der Waals surface area contributed by atoms with Gasteiger partial charge in [-0.3, -0.25) is 4.79 Å². The maximum absolute atomic E-state index is 11.7. The van der Waals surface area contributed by atoms with E-state index in [4.69, 9.17) is 10.5 Å². The molecule has 0 aliphatic carbocycles. The Hall–Kier alpha value is -1.89. The Morgan fingerprint density at radius 2 is 2.11 bits per heavy atom. The molecule has 0 aromatic carbocycles. The normalized spacial score (nSPS) is 10.3. The summed E-state index contributed by atoms with van der Waals surface area (Å²) < 4.78 is 4.87. The van der Waals surface area contributed by atoms with E-state index in [1.807, 2.05) is 6.92 Å². The molecule has 1 rings (SSSR count). The Morgan fingerprint density at radius 3 is 2.74 bits per heavy atom. The topological polar surface area (TPSA) is 93.4 Å². The van der Waals surface area contributed by atoms with Gasteiger partial charge in [-0.25, -0.2) is 9.97 Å². The molecule has 0 fully saturated rings. The molecule has 19 heavy (non-hydrogen) atoms. The highest BCUT2D eigenvalue weighted by atomic mass is 16.5. The van der Waals surface area contributed by atoms with E-state index < -0.39 is 0 Å². The fraction of sp³-hybridized carbons (Fsp3) is 0.583. The minimum absolute atomic E-state index is 0.0891. The number of amides is 1. The smallest absolute Gasteiger partial charge is 0.239 e. The van der Waals surface area contributed by atoms with Gasteiger partial charge in [0.05, 0.1) is 13.2 Å². The fourth-order valence-electron chi connectivity index (χ4n) is 1.65. The highest BCUT2D eigenvalue weighted by Gasteiger charge is 2.13. The average Bonchev–Trinajstić information content (AvgIpc) is 2.33. The Labute approximate surface area is 113 Å². The number of likely N-dealkylation sites (N-methyl/N-ethyl adjacent to an activating group) is 1. The SMILES string of the molecule is COCCNC(=O)CN(C)c1nc(C)nc(N)c1C. The first-order valence-corrected chi connectivity index (χ1v) is 6.03. The summed E-state index contributed by atoms with van der Waals surface area (Å²) in [5.41, 5.74) is 6.57. The van der Waals surface area contributed by atoms with Crippen molar-refractivity contribution in [2.24, 2.45) is 0 Å². The minimum Gasteiger partial charge on any atom is -0.383 e. The van der Waals surface area contributed by atoms with Crippen LogP contribution in [0.25, 0.3) is 0 Å². The van der Waals surface area contributed by atoms with Crippen LogP contribution in [0.15, 0.2) is 0 Å². The van der Waals surface area contributed by atoms with Crippen molar-refractivity contribution >= 4 is 17.5 Å². The molecule has 106 valence electrons. The largest absolute Gasteiger partial charge is 0.383 e. The van der Waals surface area contributed by atoms with Crippen molar-refractivity contribution in [3.63, 3.8) is 0 Å². The lowest BCUT2D eigenvalue weighted by atomic mass is 10.3. The third-order valence-electron chi connectivity index (χ3n) is 2.64. The number of methoxy groups -OCH3 is 1. The van der Waals surface area contributed by atoms with Crippen LogP contribution in [0.1, 0.15) is 11.4 Å². The molecule has 0 unspecified atom stereocenters. The van der Waals surface area contributed by atoms with Gasteiger partial charge in [-0.2, -0.15) is 0 Å². The van der Waals surface area contributed by atoms with Crippen molar-refractivity contribution in [3.8, 4) is 0 Å². The summed E-state index contributed by atoms with van der Waals surface area (Å²) >= 11 is 0. The van der Waals surface area contributed by atoms with Gasteiger partial charge in [-0.05, 0) is 13.8 Å². The number of carbonyl (C=O) groups is 1. The molecular formula is C12H21N5O2. The molecule has 1 aromatic heterocycles. The second-order valence-corrected chi connectivity index (χ2v) is 4.30. The third kappa shape index (κ3) is 4.36. The maximum atomic E-state index is 11.7. The van der Waals surface area contributed by atoms with Crippen LogP contribution in [0.3, 0.4) is 0 Å². The van der Waals surface area contributed by atoms with Crippen molar-refractivity contribution in [1.82, 2.24) is 15.3 Å². The molecule has 0 aliphatic heterocycles. The molecule has 0 aliphatic rings. The number of nitrogen functional groups attached to an aromatic ring is 1. The Balaban J connectivity index is 2.68. The van der Waals surface area contributed by atoms with Crippen LogP contribution in [0, 0.1) is 13.8 Å². The van der Waals surface area contributed by atoms with Crippen molar-refractivity contribution < 1.29 is 9.53 Å². The first kappa shape index (κ1) is 15.2. The lowest BCUT2D eigenvalue weighted by molar-refractivity contribution is -0.119. The van der Waals surface area contributed by atoms with Gasteiger partial charge < -0.3 is 20.7 Å². The number of anilines is 2. The predicted molar refractivity (Wildman–Crippen MR) is 74.1 cm³/mol. The molecule has 1 amide bonds. The van der Waals surface area contributed by atoms with Crippen LogP contribution in [0.4, 0.5) is 11.6 Å². The molecule has 7 heteroatoms. The van der Waals surface area contributed by atoms with Crippen molar-refractivity contribution in [3.05, 3.63) is 11.4 Å². The maximum Gasteiger partial charge on any atom is 0.239 e. The van der Waals surface area contributed by atoms with Gasteiger partial charge in [0.15, 0.2) is 0 Å². The van der Waals surface area contributed by atoms with Crippen LogP contribution < -0.4 is 16.0 Å². The summed E-state index contributed by atoms with van der Waals surface area (Å²) in [4.78, 5) is 21.8. The molecule has 0 saturated carbocycles. The highest BCUT2D eigenvalue weighted by Crippen LogP contribution is 2.19. The van der Waals surface area contributed by atoms with Gasteiger partial charge in [0, 0.05) is 26.3 Å². The molecular weight excluding hydrogens is 246 g/mol. The van der Waals surface area contributed by atoms with Gasteiger partial charge in [0.25, 0.3) is 0 Å². The Kier molecular flexibility index (Phi) is 5.50. The van der Waals surface area contributed by atoms with Crippen LogP contribution in [-0.2, 0) is 9.53 Å². The van der Waals surface area contributed by atoms with Gasteiger partial charge in [-0.15, -0.1) is 0 Å². The number of nitrogens with two attached hydrogens (primary N) is 1. The van der Waals surface area contributed by atoms with E-state index in [9.17, 15) is 4.79 Å². The Morgan fingerprint density at radius 1 is 1.42 bits per heavy atom. The number of rotatable bonds is 6. The number of carbonyl (C=O) groups excluding carboxylic acids is 1. The summed E-state index contributed by atoms with van der Waals surface area (Å²) in [5, 5.41) is 2.75. The second kappa shape index (κ2) is 6.89. The zero-order valence-electron chi connectivity index (χ0n) is 11.9. The van der Waals surface area contributed by atoms with Gasteiger partial charge >= 0.3 is 0 Å². The van der Waals surface area contributed by atoms with E-state index in [1.165, 1.54) is 0 Å². The molecule has 0 spiro atoms. The zero-order valence-corrected chi connectivity index (χ0v) is 11.9. The Bertz CT molecular complexity index is 450. The van der Waals surface area contributed by atoms with Gasteiger partial charge in [0.1, 0.15) is 17.5 Å². The van der Waals surface area contributed by atoms with E-state index >= 15 is 0 Å². The van der Waals surface area contributed by atoms with Crippen molar-refractivity contribution in [2.45, 2.75) is 13.8 Å². The fourth-order valence-corrected chi connectivity index (χ4v) is 1.65. The zero-order chi connectivity index (χ0) is 14.4. The summed E-state index contributed by atoms with van der Waals surface area (Å²) in [5.74, 6) is 1.61. The summed E-state index contributed by atoms with van der Waals surface area (Å²) in [6.07, 6.45) is 0. The summed E-state index contributed by atoms with van der Waals surface area (Å²) in [6, 6.07) is 0. The van der Waals surface area contributed by atoms with E-state index in [1.54, 1.807) is 26.0 Å². The lowest BCUT2D eigenvalue weighted by Crippen LogP contribution is -2.37. The van der Waals surface area contributed by atoms with E-state index in [-0.39, 0.29) is 12.5 Å². The molecule has 7 nitrogen and oxygen atoms in total. The van der Waals surface area contributed by atoms with E-state index in [0.29, 0.717) is 30.6 Å². The molecule has 0 atom stereocenters. The number of aromatic nitrogens is 2. The number of ether oxygens (including phenoxy) is 1. The highest BCUT2D eigenvalue weighted by molar-refractivity contribution is 5.81. The van der Waals surface area contributed by atoms with Crippen LogP contribution in [0.2, 0.25) is 0 Å². The van der Waals surface area contributed by atoms with Crippen LogP contribution >= 0.6 is 0 Å². The minimum atomic E-state index is -0.0891. The van der Waals surface area contributed by atoms with Crippen molar-refractivity contribution in [2.75, 3.05) is 44.5 Å². The number of hydrogen-bond acceptors (Lipinski definition) is 6. The number of aryl methyl sites for hydroxylation is 1. The second-order valence-electron chi connectivity index (χ2n) is 4.30. The summed E-state index contributed by atoms with van der Waals surface area (Å²) in [7, 11) is 3.39. The van der Waals surface area contributed by atoms with Gasteiger partial charge in [0.2, 0.25) is 5.91 Å². The molecule has 1 aromatic rings. The van der Waals surface area contributed by atoms with Gasteiger partial charge in [-0.1, -0.05) is 0 Å². The van der Waals surface area contributed by atoms with E-state index in [0.717, 1.165) is 5.56 Å². The number of nitrogens with zero attached hydrogens (tertiary/aromatic N) is 3. The molecule has 0 radical (unpaired) electrons. The lowest BCUT2D eigenvalue weighted by Gasteiger charge is -2.20. The first-order valence-electron chi connectivity index (χ1n) is 6.03. The molecule has 3 N–H and O–H groups in total. The summed E-state index contributed by atoms with van der Waals surface area (Å²) in [6.45, 7) is 4.80. The third-order valence-corrected chi connectivity index (χ3v) is 2.64. The molecule has 1 heterocycles. The number of nitrogens with one attached hydrogen (secondary N) is 1. The average molecular weight is 267 g/mol.